The highest BCUT2D eigenvalue weighted by atomic mass is 35.5. The van der Waals surface area contributed by atoms with Gasteiger partial charge in [-0.05, 0) is 35.9 Å². The fourth-order valence-electron chi connectivity index (χ4n) is 2.34. The van der Waals surface area contributed by atoms with E-state index in [0.717, 1.165) is 11.3 Å². The van der Waals surface area contributed by atoms with Crippen molar-refractivity contribution in [3.05, 3.63) is 95.3 Å². The van der Waals surface area contributed by atoms with Gasteiger partial charge in [-0.15, -0.1) is 0 Å². The zero-order valence-corrected chi connectivity index (χ0v) is 14.1. The lowest BCUT2D eigenvalue weighted by Gasteiger charge is -2.08. The maximum Gasteiger partial charge on any atom is 0.273 e. The summed E-state index contributed by atoms with van der Waals surface area (Å²) in [6, 6.07) is 20.8. The molecule has 4 nitrogen and oxygen atoms in total. The third-order valence-electron chi connectivity index (χ3n) is 3.49. The number of para-hydroxylation sites is 1. The molecule has 0 spiro atoms. The average Bonchev–Trinajstić information content (AvgIpc) is 3.17. The van der Waals surface area contributed by atoms with E-state index in [-0.39, 0.29) is 5.91 Å². The van der Waals surface area contributed by atoms with Crippen molar-refractivity contribution in [2.24, 2.45) is 5.10 Å². The van der Waals surface area contributed by atoms with E-state index in [1.165, 1.54) is 6.21 Å². The lowest BCUT2D eigenvalue weighted by Crippen LogP contribution is -2.19. The van der Waals surface area contributed by atoms with Gasteiger partial charge in [0.1, 0.15) is 0 Å². The molecule has 0 bridgehead atoms. The first-order chi connectivity index (χ1) is 12.2. The van der Waals surface area contributed by atoms with Crippen LogP contribution in [0.25, 0.3) is 11.8 Å². The maximum absolute atomic E-state index is 12.4. The number of hydrogen-bond donors (Lipinski definition) is 1. The lowest BCUT2D eigenvalue weighted by molar-refractivity contribution is 0.0955. The summed E-state index contributed by atoms with van der Waals surface area (Å²) in [6.45, 7) is 0. The van der Waals surface area contributed by atoms with Crippen LogP contribution in [0.4, 0.5) is 0 Å². The molecule has 0 saturated heterocycles. The minimum Gasteiger partial charge on any atom is -0.323 e. The molecule has 0 aliphatic rings. The summed E-state index contributed by atoms with van der Waals surface area (Å²) in [6.07, 6.45) is 6.94. The normalized spacial score (nSPS) is 11.6. The summed E-state index contributed by atoms with van der Waals surface area (Å²) in [5.74, 6) is -0.301. The Balaban J connectivity index is 1.70. The number of carbonyl (C=O) groups excluding carboxylic acids is 1. The number of aromatic nitrogens is 1. The van der Waals surface area contributed by atoms with E-state index >= 15 is 0 Å². The molecule has 0 unspecified atom stereocenters. The molecule has 124 valence electrons. The van der Waals surface area contributed by atoms with Gasteiger partial charge in [0.25, 0.3) is 5.91 Å². The van der Waals surface area contributed by atoms with E-state index in [9.17, 15) is 4.79 Å². The van der Waals surface area contributed by atoms with Gasteiger partial charge in [-0.2, -0.15) is 5.10 Å². The number of nitrogens with one attached hydrogen (secondary N) is 1. The molecule has 25 heavy (non-hydrogen) atoms. The van der Waals surface area contributed by atoms with Gasteiger partial charge in [0.2, 0.25) is 0 Å². The van der Waals surface area contributed by atoms with Crippen LogP contribution < -0.4 is 5.43 Å². The van der Waals surface area contributed by atoms with Gasteiger partial charge in [-0.1, -0.05) is 54.1 Å². The van der Waals surface area contributed by atoms with E-state index in [0.29, 0.717) is 10.6 Å². The summed E-state index contributed by atoms with van der Waals surface area (Å²) in [7, 11) is 0. The predicted octanol–water partition coefficient (Wildman–Crippen LogP) is 4.47. The third-order valence-corrected chi connectivity index (χ3v) is 3.70. The van der Waals surface area contributed by atoms with Gasteiger partial charge in [0.15, 0.2) is 0 Å². The number of hydrazone groups is 1. The highest BCUT2D eigenvalue weighted by Gasteiger charge is 2.10. The maximum atomic E-state index is 12.4. The number of halogens is 1. The van der Waals surface area contributed by atoms with Gasteiger partial charge < -0.3 is 4.57 Å². The molecule has 1 heterocycles. The van der Waals surface area contributed by atoms with E-state index < -0.39 is 0 Å². The highest BCUT2D eigenvalue weighted by molar-refractivity contribution is 6.41. The van der Waals surface area contributed by atoms with Crippen LogP contribution in [-0.2, 0) is 0 Å². The Bertz CT molecular complexity index is 900. The largest absolute Gasteiger partial charge is 0.323 e. The molecule has 1 N–H and O–H groups in total. The van der Waals surface area contributed by atoms with Gasteiger partial charge in [-0.3, -0.25) is 4.79 Å². The fourth-order valence-corrected chi connectivity index (χ4v) is 2.52. The fraction of sp³-hybridized carbons (Fsp3) is 0. The number of allylic oxidation sites excluding steroid dienone is 1. The minimum absolute atomic E-state index is 0.301. The molecule has 3 aromatic rings. The zero-order valence-electron chi connectivity index (χ0n) is 13.3. The number of hydrogen-bond acceptors (Lipinski definition) is 2. The lowest BCUT2D eigenvalue weighted by atomic mass is 10.1. The van der Waals surface area contributed by atoms with Crippen LogP contribution in [0.5, 0.6) is 0 Å². The summed E-state index contributed by atoms with van der Waals surface area (Å²) >= 11 is 6.11. The Morgan fingerprint density at radius 3 is 2.40 bits per heavy atom. The molecule has 0 saturated carbocycles. The summed E-state index contributed by atoms with van der Waals surface area (Å²) in [5, 5.41) is 4.35. The van der Waals surface area contributed by atoms with Gasteiger partial charge >= 0.3 is 0 Å². The second-order valence-corrected chi connectivity index (χ2v) is 5.68. The third kappa shape index (κ3) is 4.46. The van der Waals surface area contributed by atoms with Crippen molar-refractivity contribution >= 4 is 29.8 Å². The van der Waals surface area contributed by atoms with Crippen molar-refractivity contribution in [3.63, 3.8) is 0 Å². The van der Waals surface area contributed by atoms with E-state index in [1.807, 2.05) is 77.6 Å². The van der Waals surface area contributed by atoms with Crippen LogP contribution in [-0.4, -0.2) is 16.7 Å². The van der Waals surface area contributed by atoms with E-state index in [1.54, 1.807) is 12.1 Å². The summed E-state index contributed by atoms with van der Waals surface area (Å²) in [4.78, 5) is 12.4. The first-order valence-corrected chi connectivity index (χ1v) is 8.10. The Morgan fingerprint density at radius 2 is 1.64 bits per heavy atom. The van der Waals surface area contributed by atoms with Crippen LogP contribution in [0.1, 0.15) is 15.9 Å². The Hall–Kier alpha value is -3.11. The molecule has 1 amide bonds. The zero-order chi connectivity index (χ0) is 17.5. The molecule has 5 heteroatoms. The van der Waals surface area contributed by atoms with Crippen molar-refractivity contribution in [3.8, 4) is 5.69 Å². The molecule has 0 aliphatic carbocycles. The van der Waals surface area contributed by atoms with Gasteiger partial charge in [0, 0.05) is 12.4 Å². The number of nitrogens with zero attached hydrogens (tertiary/aromatic N) is 2. The minimum atomic E-state index is -0.301. The van der Waals surface area contributed by atoms with Crippen LogP contribution in [0, 0.1) is 0 Å². The van der Waals surface area contributed by atoms with Crippen LogP contribution in [0.15, 0.2) is 89.3 Å². The Kier molecular flexibility index (Phi) is 5.44. The van der Waals surface area contributed by atoms with Crippen molar-refractivity contribution in [1.29, 1.82) is 0 Å². The Morgan fingerprint density at radius 1 is 0.960 bits per heavy atom. The van der Waals surface area contributed by atoms with E-state index in [4.69, 9.17) is 11.6 Å². The molecular weight excluding hydrogens is 334 g/mol. The first-order valence-electron chi connectivity index (χ1n) is 7.72. The molecule has 1 aromatic heterocycles. The molecule has 3 rings (SSSR count). The Labute approximate surface area is 151 Å². The number of amides is 1. The summed E-state index contributed by atoms with van der Waals surface area (Å²) < 4.78 is 1.88. The molecule has 0 aliphatic heterocycles. The van der Waals surface area contributed by atoms with Crippen molar-refractivity contribution < 1.29 is 4.79 Å². The van der Waals surface area contributed by atoms with Crippen molar-refractivity contribution in [2.45, 2.75) is 0 Å². The highest BCUT2D eigenvalue weighted by Crippen LogP contribution is 2.14. The van der Waals surface area contributed by atoms with E-state index in [2.05, 4.69) is 10.5 Å². The smallest absolute Gasteiger partial charge is 0.273 e. The molecule has 0 fully saturated rings. The summed E-state index contributed by atoms with van der Waals surface area (Å²) in [5.41, 5.74) is 4.78. The van der Waals surface area contributed by atoms with Crippen molar-refractivity contribution in [1.82, 2.24) is 9.99 Å². The van der Waals surface area contributed by atoms with Crippen molar-refractivity contribution in [2.75, 3.05) is 0 Å². The average molecular weight is 350 g/mol. The SMILES string of the molecule is O=C(N/N=C\C(Cl)=C/c1ccccc1)c1ccccc1-n1cccc1. The topological polar surface area (TPSA) is 46.4 Å². The molecule has 0 atom stereocenters. The van der Waals surface area contributed by atoms with Crippen LogP contribution >= 0.6 is 11.6 Å². The first kappa shape index (κ1) is 16.7. The molecule has 0 radical (unpaired) electrons. The second-order valence-electron chi connectivity index (χ2n) is 5.25. The standard InChI is InChI=1S/C20H16ClN3O/c21-17(14-16-8-2-1-3-9-16)15-22-23-20(25)18-10-4-5-11-19(18)24-12-6-7-13-24/h1-15H,(H,23,25)/b17-14+,22-15-. The van der Waals surface area contributed by atoms with Gasteiger partial charge in [0.05, 0.1) is 22.5 Å². The monoisotopic (exact) mass is 349 g/mol. The van der Waals surface area contributed by atoms with Crippen LogP contribution in [0.3, 0.4) is 0 Å². The molecular formula is C20H16ClN3O. The number of benzene rings is 2. The quantitative estimate of drug-likeness (QED) is 0.536. The molecule has 2 aromatic carbocycles. The number of rotatable bonds is 5. The van der Waals surface area contributed by atoms with Crippen LogP contribution in [0.2, 0.25) is 0 Å². The van der Waals surface area contributed by atoms with Gasteiger partial charge in [-0.25, -0.2) is 5.43 Å². The number of carbonyl (C=O) groups is 1. The predicted molar refractivity (Wildman–Crippen MR) is 102 cm³/mol. The second kappa shape index (κ2) is 8.13.